The zero-order chi connectivity index (χ0) is 21.8. The number of piperazine rings is 1. The van der Waals surface area contributed by atoms with Crippen LogP contribution in [0.2, 0.25) is 5.15 Å². The number of nitrogens with zero attached hydrogens (tertiary/aromatic N) is 5. The van der Waals surface area contributed by atoms with E-state index in [9.17, 15) is 10.2 Å². The van der Waals surface area contributed by atoms with Crippen molar-refractivity contribution in [2.45, 2.75) is 31.2 Å². The minimum atomic E-state index is 0.206. The standard InChI is InChI=1S/C24H28ClN5O2/c25-19-13-26-14-20(27-19)29-11-9-28(10-12-29)7-1-2-8-30-23(31)21-17-5-6-18(22(21)24(30)32)16-4-3-15(16)17/h3-6,13-18,31-32H,1-2,7-12H2. The molecule has 5 aliphatic rings. The minimum absolute atomic E-state index is 0.206. The molecule has 4 aliphatic carbocycles. The van der Waals surface area contributed by atoms with E-state index in [1.165, 1.54) is 0 Å². The van der Waals surface area contributed by atoms with Gasteiger partial charge in [-0.05, 0) is 31.2 Å². The third-order valence-corrected chi connectivity index (χ3v) is 7.88. The first kappa shape index (κ1) is 20.1. The molecule has 4 atom stereocenters. The maximum Gasteiger partial charge on any atom is 0.198 e. The molecule has 2 aromatic heterocycles. The molecule has 7 rings (SSSR count). The number of allylic oxidation sites excluding steroid dienone is 4. The van der Waals surface area contributed by atoms with Gasteiger partial charge >= 0.3 is 0 Å². The summed E-state index contributed by atoms with van der Waals surface area (Å²) in [4.78, 5) is 13.2. The number of aromatic hydroxyl groups is 2. The van der Waals surface area contributed by atoms with Crippen LogP contribution in [0.3, 0.4) is 0 Å². The van der Waals surface area contributed by atoms with Crippen molar-refractivity contribution in [2.24, 2.45) is 11.8 Å². The second-order valence-corrected chi connectivity index (χ2v) is 9.73. The highest BCUT2D eigenvalue weighted by Gasteiger charge is 2.49. The van der Waals surface area contributed by atoms with Crippen LogP contribution < -0.4 is 4.90 Å². The third-order valence-electron chi connectivity index (χ3n) is 7.70. The molecule has 1 aliphatic heterocycles. The molecule has 2 N–H and O–H groups in total. The predicted molar refractivity (Wildman–Crippen MR) is 123 cm³/mol. The molecule has 7 nitrogen and oxygen atoms in total. The fourth-order valence-corrected chi connectivity index (χ4v) is 6.09. The molecule has 0 saturated carbocycles. The zero-order valence-electron chi connectivity index (χ0n) is 17.9. The van der Waals surface area contributed by atoms with E-state index >= 15 is 0 Å². The lowest BCUT2D eigenvalue weighted by atomic mass is 9.56. The van der Waals surface area contributed by atoms with Crippen LogP contribution in [0.15, 0.2) is 36.7 Å². The quantitative estimate of drug-likeness (QED) is 0.515. The fraction of sp³-hybridized carbons (Fsp3) is 0.500. The molecule has 0 amide bonds. The summed E-state index contributed by atoms with van der Waals surface area (Å²) in [6.07, 6.45) is 14.2. The molecule has 32 heavy (non-hydrogen) atoms. The van der Waals surface area contributed by atoms with Crippen LogP contribution in [0.1, 0.15) is 35.8 Å². The molecule has 3 heterocycles. The Hall–Kier alpha value is -2.51. The first-order valence-corrected chi connectivity index (χ1v) is 12.0. The van der Waals surface area contributed by atoms with Crippen molar-refractivity contribution in [1.29, 1.82) is 0 Å². The normalized spacial score (nSPS) is 28.0. The number of rotatable bonds is 6. The first-order valence-electron chi connectivity index (χ1n) is 11.6. The van der Waals surface area contributed by atoms with Crippen LogP contribution >= 0.6 is 11.6 Å². The number of hydrogen-bond acceptors (Lipinski definition) is 6. The smallest absolute Gasteiger partial charge is 0.198 e. The first-order chi connectivity index (χ1) is 15.6. The molecule has 8 heteroatoms. The van der Waals surface area contributed by atoms with Crippen molar-refractivity contribution in [1.82, 2.24) is 19.4 Å². The van der Waals surface area contributed by atoms with Crippen molar-refractivity contribution < 1.29 is 10.2 Å². The van der Waals surface area contributed by atoms with Gasteiger partial charge in [-0.25, -0.2) is 4.98 Å². The minimum Gasteiger partial charge on any atom is -0.494 e. The number of unbranched alkanes of at least 4 members (excludes halogenated alkanes) is 1. The van der Waals surface area contributed by atoms with E-state index in [2.05, 4.69) is 44.1 Å². The van der Waals surface area contributed by atoms with Crippen molar-refractivity contribution in [3.63, 3.8) is 0 Å². The van der Waals surface area contributed by atoms with Gasteiger partial charge in [-0.1, -0.05) is 35.9 Å². The third kappa shape index (κ3) is 3.13. The lowest BCUT2D eigenvalue weighted by molar-refractivity contribution is 0.249. The van der Waals surface area contributed by atoms with Gasteiger partial charge in [0.2, 0.25) is 0 Å². The topological polar surface area (TPSA) is 77.7 Å². The SMILES string of the molecule is Oc1c2c(c(O)n1CCCCN1CCN(c3cncc(Cl)n3)CC1)C1C=CC2C2C=CC12. The largest absolute Gasteiger partial charge is 0.494 e. The summed E-state index contributed by atoms with van der Waals surface area (Å²) in [6.45, 7) is 5.43. The molecule has 168 valence electrons. The van der Waals surface area contributed by atoms with E-state index in [4.69, 9.17) is 11.6 Å². The number of hydrogen-bond donors (Lipinski definition) is 2. The van der Waals surface area contributed by atoms with Crippen LogP contribution in [0, 0.1) is 11.8 Å². The Morgan fingerprint density at radius 3 is 2.06 bits per heavy atom. The van der Waals surface area contributed by atoms with E-state index in [1.807, 2.05) is 0 Å². The summed E-state index contributed by atoms with van der Waals surface area (Å²) >= 11 is 5.96. The van der Waals surface area contributed by atoms with Gasteiger partial charge in [0.15, 0.2) is 11.8 Å². The van der Waals surface area contributed by atoms with Crippen LogP contribution in [-0.4, -0.2) is 62.4 Å². The monoisotopic (exact) mass is 453 g/mol. The van der Waals surface area contributed by atoms with Gasteiger partial charge in [-0.2, -0.15) is 0 Å². The van der Waals surface area contributed by atoms with E-state index in [0.717, 1.165) is 62.5 Å². The molecule has 1 fully saturated rings. The number of aromatic nitrogens is 3. The van der Waals surface area contributed by atoms with Crippen molar-refractivity contribution >= 4 is 17.4 Å². The predicted octanol–water partition coefficient (Wildman–Crippen LogP) is 3.50. The summed E-state index contributed by atoms with van der Waals surface area (Å²) in [6, 6.07) is 0. The van der Waals surface area contributed by atoms with Gasteiger partial charge in [-0.3, -0.25) is 14.5 Å². The summed E-state index contributed by atoms with van der Waals surface area (Å²) in [5.74, 6) is 2.76. The van der Waals surface area contributed by atoms with E-state index < -0.39 is 0 Å². The lowest BCUT2D eigenvalue weighted by Gasteiger charge is -2.47. The molecule has 0 radical (unpaired) electrons. The highest BCUT2D eigenvalue weighted by Crippen LogP contribution is 2.61. The average molecular weight is 454 g/mol. The van der Waals surface area contributed by atoms with Gasteiger partial charge in [-0.15, -0.1) is 0 Å². The van der Waals surface area contributed by atoms with Gasteiger partial charge in [0.25, 0.3) is 0 Å². The van der Waals surface area contributed by atoms with Gasteiger partial charge in [0.1, 0.15) is 11.0 Å². The van der Waals surface area contributed by atoms with Crippen molar-refractivity contribution in [3.05, 3.63) is 53.0 Å². The number of anilines is 1. The van der Waals surface area contributed by atoms with Crippen LogP contribution in [0.4, 0.5) is 5.82 Å². The zero-order valence-corrected chi connectivity index (χ0v) is 18.7. The Bertz CT molecular complexity index is 1040. The molecular weight excluding hydrogens is 426 g/mol. The Kier molecular flexibility index (Phi) is 4.91. The average Bonchev–Trinajstić information content (AvgIpc) is 3.03. The highest BCUT2D eigenvalue weighted by atomic mass is 35.5. The fourth-order valence-electron chi connectivity index (χ4n) is 5.95. The van der Waals surface area contributed by atoms with E-state index in [0.29, 0.717) is 23.5 Å². The van der Waals surface area contributed by atoms with Gasteiger partial charge < -0.3 is 15.1 Å². The van der Waals surface area contributed by atoms with E-state index in [-0.39, 0.29) is 23.6 Å². The summed E-state index contributed by atoms with van der Waals surface area (Å²) < 4.78 is 1.73. The maximum atomic E-state index is 10.9. The highest BCUT2D eigenvalue weighted by molar-refractivity contribution is 6.29. The van der Waals surface area contributed by atoms with Crippen LogP contribution in [0.5, 0.6) is 11.8 Å². The second kappa shape index (κ2) is 7.81. The lowest BCUT2D eigenvalue weighted by Crippen LogP contribution is -2.47. The molecular formula is C24H28ClN5O2. The second-order valence-electron chi connectivity index (χ2n) is 9.34. The Morgan fingerprint density at radius 1 is 0.844 bits per heavy atom. The van der Waals surface area contributed by atoms with Crippen molar-refractivity contribution in [3.8, 4) is 11.8 Å². The van der Waals surface area contributed by atoms with Crippen LogP contribution in [0.25, 0.3) is 0 Å². The molecule has 0 spiro atoms. The van der Waals surface area contributed by atoms with Crippen molar-refractivity contribution in [2.75, 3.05) is 37.6 Å². The van der Waals surface area contributed by atoms with E-state index in [1.54, 1.807) is 17.0 Å². The molecule has 0 aromatic carbocycles. The number of halogens is 1. The summed E-state index contributed by atoms with van der Waals surface area (Å²) in [7, 11) is 0. The van der Waals surface area contributed by atoms with Gasteiger partial charge in [0, 0.05) is 55.7 Å². The Labute approximate surface area is 192 Å². The molecule has 2 bridgehead atoms. The molecule has 4 unspecified atom stereocenters. The van der Waals surface area contributed by atoms with Crippen LogP contribution in [-0.2, 0) is 6.54 Å². The summed E-state index contributed by atoms with van der Waals surface area (Å²) in [5, 5.41) is 22.3. The maximum absolute atomic E-state index is 10.9. The van der Waals surface area contributed by atoms with Gasteiger partial charge in [0.05, 0.1) is 12.4 Å². The Balaban J connectivity index is 1.03. The molecule has 1 saturated heterocycles. The molecule has 2 aromatic rings. The Morgan fingerprint density at radius 2 is 1.47 bits per heavy atom. The summed E-state index contributed by atoms with van der Waals surface area (Å²) in [5.41, 5.74) is 1.92.